The van der Waals surface area contributed by atoms with Gasteiger partial charge in [0.1, 0.15) is 5.58 Å². The van der Waals surface area contributed by atoms with Gasteiger partial charge in [-0.2, -0.15) is 0 Å². The Morgan fingerprint density at radius 1 is 0.650 bits per heavy atom. The average Bonchev–Trinajstić information content (AvgIpc) is 3.58. The number of nitrogens with zero attached hydrogens (tertiary/aromatic N) is 3. The van der Waals surface area contributed by atoms with Crippen LogP contribution in [0.15, 0.2) is 138 Å². The Morgan fingerprint density at radius 2 is 1.43 bits per heavy atom. The molecule has 8 rings (SSSR count). The Hall–Kier alpha value is -5.35. The van der Waals surface area contributed by atoms with E-state index in [0.717, 1.165) is 55.4 Å². The molecule has 5 aromatic carbocycles. The van der Waals surface area contributed by atoms with E-state index in [2.05, 4.69) is 125 Å². The summed E-state index contributed by atoms with van der Waals surface area (Å²) in [6, 6.07) is 42.6. The average molecular weight is 516 g/mol. The van der Waals surface area contributed by atoms with Gasteiger partial charge >= 0.3 is 0 Å². The Morgan fingerprint density at radius 3 is 2.25 bits per heavy atom. The van der Waals surface area contributed by atoms with Gasteiger partial charge in [-0.05, 0) is 59.7 Å². The highest BCUT2D eigenvalue weighted by atomic mass is 16.3. The van der Waals surface area contributed by atoms with Crippen molar-refractivity contribution >= 4 is 55.1 Å². The Bertz CT molecular complexity index is 2160. The number of fused-ring (bicyclic) bond motifs is 7. The SMILES string of the molecule is CN(c1cccnc1)c1cccc2c1c1ccc3c4ccccc4oc3c1n2-c1ccc(-c2ccccc2)cc1. The van der Waals surface area contributed by atoms with Gasteiger partial charge in [-0.25, -0.2) is 0 Å². The lowest BCUT2D eigenvalue weighted by Gasteiger charge is -2.20. The number of aromatic nitrogens is 2. The van der Waals surface area contributed by atoms with Crippen LogP contribution >= 0.6 is 0 Å². The third kappa shape index (κ3) is 3.36. The summed E-state index contributed by atoms with van der Waals surface area (Å²) in [7, 11) is 2.10. The number of furan rings is 1. The van der Waals surface area contributed by atoms with E-state index in [1.807, 2.05) is 24.4 Å². The molecule has 0 saturated heterocycles. The number of benzene rings is 5. The zero-order valence-electron chi connectivity index (χ0n) is 22.0. The lowest BCUT2D eigenvalue weighted by Crippen LogP contribution is -2.09. The molecule has 0 fully saturated rings. The van der Waals surface area contributed by atoms with Gasteiger partial charge in [0, 0.05) is 40.5 Å². The van der Waals surface area contributed by atoms with Crippen molar-refractivity contribution in [3.63, 3.8) is 0 Å². The molecule has 40 heavy (non-hydrogen) atoms. The van der Waals surface area contributed by atoms with Gasteiger partial charge in [0.05, 0.1) is 28.6 Å². The van der Waals surface area contributed by atoms with Crippen LogP contribution < -0.4 is 4.90 Å². The summed E-state index contributed by atoms with van der Waals surface area (Å²) in [5.74, 6) is 0. The van der Waals surface area contributed by atoms with Gasteiger partial charge in [-0.1, -0.05) is 72.8 Å². The van der Waals surface area contributed by atoms with E-state index < -0.39 is 0 Å². The molecule has 0 aliphatic carbocycles. The molecule has 0 N–H and O–H groups in total. The highest BCUT2D eigenvalue weighted by molar-refractivity contribution is 6.24. The fourth-order valence-corrected chi connectivity index (χ4v) is 5.98. The number of pyridine rings is 1. The van der Waals surface area contributed by atoms with Crippen LogP contribution in [0.3, 0.4) is 0 Å². The van der Waals surface area contributed by atoms with Gasteiger partial charge in [-0.15, -0.1) is 0 Å². The van der Waals surface area contributed by atoms with Crippen LogP contribution in [0.25, 0.3) is 60.6 Å². The first-order valence-electron chi connectivity index (χ1n) is 13.4. The summed E-state index contributed by atoms with van der Waals surface area (Å²) in [5.41, 5.74) is 9.64. The molecule has 0 unspecified atom stereocenters. The molecule has 0 atom stereocenters. The van der Waals surface area contributed by atoms with Crippen LogP contribution in [-0.4, -0.2) is 16.6 Å². The van der Waals surface area contributed by atoms with Crippen molar-refractivity contribution in [3.8, 4) is 16.8 Å². The maximum Gasteiger partial charge on any atom is 0.160 e. The van der Waals surface area contributed by atoms with E-state index in [1.54, 1.807) is 6.20 Å². The second-order valence-corrected chi connectivity index (χ2v) is 10.1. The van der Waals surface area contributed by atoms with E-state index in [1.165, 1.54) is 16.5 Å². The molecule has 0 saturated carbocycles. The lowest BCUT2D eigenvalue weighted by molar-refractivity contribution is 0.671. The lowest BCUT2D eigenvalue weighted by atomic mass is 10.1. The second kappa shape index (κ2) is 8.85. The molecule has 0 aliphatic heterocycles. The molecular weight excluding hydrogens is 490 g/mol. The molecule has 190 valence electrons. The number of hydrogen-bond donors (Lipinski definition) is 0. The first-order chi connectivity index (χ1) is 19.8. The predicted octanol–water partition coefficient (Wildman–Crippen LogP) is 9.51. The van der Waals surface area contributed by atoms with Crippen LogP contribution in [0, 0.1) is 0 Å². The summed E-state index contributed by atoms with van der Waals surface area (Å²) < 4.78 is 8.94. The van der Waals surface area contributed by atoms with Crippen molar-refractivity contribution in [2.75, 3.05) is 11.9 Å². The molecule has 0 bridgehead atoms. The van der Waals surface area contributed by atoms with Crippen molar-refractivity contribution in [2.45, 2.75) is 0 Å². The van der Waals surface area contributed by atoms with Crippen molar-refractivity contribution in [1.82, 2.24) is 9.55 Å². The van der Waals surface area contributed by atoms with Crippen molar-refractivity contribution < 1.29 is 4.42 Å². The summed E-state index contributed by atoms with van der Waals surface area (Å²) in [4.78, 5) is 6.57. The summed E-state index contributed by atoms with van der Waals surface area (Å²) >= 11 is 0. The normalized spacial score (nSPS) is 11.6. The topological polar surface area (TPSA) is 34.2 Å². The maximum absolute atomic E-state index is 6.59. The van der Waals surface area contributed by atoms with Crippen molar-refractivity contribution in [1.29, 1.82) is 0 Å². The molecule has 8 aromatic rings. The molecule has 3 aromatic heterocycles. The molecule has 0 radical (unpaired) electrons. The van der Waals surface area contributed by atoms with Crippen molar-refractivity contribution in [2.24, 2.45) is 0 Å². The minimum Gasteiger partial charge on any atom is -0.454 e. The van der Waals surface area contributed by atoms with Crippen LogP contribution in [0.5, 0.6) is 0 Å². The van der Waals surface area contributed by atoms with Crippen LogP contribution in [0.4, 0.5) is 11.4 Å². The Labute approximate surface area is 231 Å². The van der Waals surface area contributed by atoms with E-state index in [4.69, 9.17) is 4.42 Å². The standard InChI is InChI=1S/C36H25N3O/c1-38(27-11-8-22-37-23-27)31-13-7-14-32-34(31)30-21-20-29-28-12-5-6-15-33(28)40-36(29)35(30)39(32)26-18-16-25(17-19-26)24-9-3-2-4-10-24/h2-23H,1H3. The molecule has 4 nitrogen and oxygen atoms in total. The van der Waals surface area contributed by atoms with Gasteiger partial charge in [-0.3, -0.25) is 4.98 Å². The molecule has 0 aliphatic rings. The molecule has 0 spiro atoms. The molecule has 0 amide bonds. The minimum atomic E-state index is 0.897. The third-order valence-electron chi connectivity index (χ3n) is 7.90. The monoisotopic (exact) mass is 515 g/mol. The number of para-hydroxylation sites is 1. The highest BCUT2D eigenvalue weighted by Crippen LogP contribution is 2.44. The smallest absolute Gasteiger partial charge is 0.160 e. The fourth-order valence-electron chi connectivity index (χ4n) is 5.98. The summed E-state index contributed by atoms with van der Waals surface area (Å²) in [5, 5.41) is 4.58. The number of rotatable bonds is 4. The summed E-state index contributed by atoms with van der Waals surface area (Å²) in [6.07, 6.45) is 3.71. The zero-order valence-corrected chi connectivity index (χ0v) is 22.0. The third-order valence-corrected chi connectivity index (χ3v) is 7.90. The van der Waals surface area contributed by atoms with E-state index in [0.29, 0.717) is 0 Å². The fraction of sp³-hybridized carbons (Fsp3) is 0.0278. The van der Waals surface area contributed by atoms with E-state index in [-0.39, 0.29) is 0 Å². The van der Waals surface area contributed by atoms with Gasteiger partial charge in [0.2, 0.25) is 0 Å². The quantitative estimate of drug-likeness (QED) is 0.234. The first-order valence-corrected chi connectivity index (χ1v) is 13.4. The number of hydrogen-bond acceptors (Lipinski definition) is 3. The predicted molar refractivity (Wildman–Crippen MR) is 166 cm³/mol. The van der Waals surface area contributed by atoms with Gasteiger partial charge in [0.15, 0.2) is 5.58 Å². The zero-order chi connectivity index (χ0) is 26.6. The van der Waals surface area contributed by atoms with Crippen LogP contribution in [-0.2, 0) is 0 Å². The maximum atomic E-state index is 6.59. The Kier molecular flexibility index (Phi) is 5.01. The minimum absolute atomic E-state index is 0.897. The van der Waals surface area contributed by atoms with E-state index in [9.17, 15) is 0 Å². The van der Waals surface area contributed by atoms with Gasteiger partial charge < -0.3 is 13.9 Å². The molecule has 4 heteroatoms. The molecule has 3 heterocycles. The van der Waals surface area contributed by atoms with Crippen LogP contribution in [0.2, 0.25) is 0 Å². The summed E-state index contributed by atoms with van der Waals surface area (Å²) in [6.45, 7) is 0. The van der Waals surface area contributed by atoms with Gasteiger partial charge in [0.25, 0.3) is 0 Å². The largest absolute Gasteiger partial charge is 0.454 e. The molecular formula is C36H25N3O. The van der Waals surface area contributed by atoms with E-state index >= 15 is 0 Å². The highest BCUT2D eigenvalue weighted by Gasteiger charge is 2.22. The number of anilines is 2. The second-order valence-electron chi connectivity index (χ2n) is 10.1. The van der Waals surface area contributed by atoms with Crippen LogP contribution in [0.1, 0.15) is 0 Å². The van der Waals surface area contributed by atoms with Crippen molar-refractivity contribution in [3.05, 3.63) is 134 Å². The first kappa shape index (κ1) is 22.6. The Balaban J connectivity index is 1.46.